The number of carbonyl (C=O) groups is 1. The summed E-state index contributed by atoms with van der Waals surface area (Å²) in [5.74, 6) is -0.462. The van der Waals surface area contributed by atoms with Crippen LogP contribution in [0.5, 0.6) is 0 Å². The molecule has 0 aliphatic carbocycles. The maximum Gasteiger partial charge on any atom is 0.250 e. The third-order valence-electron chi connectivity index (χ3n) is 3.24. The van der Waals surface area contributed by atoms with Crippen LogP contribution in [-0.2, 0) is 0 Å². The Bertz CT molecular complexity index is 645. The number of nitrogens with two attached hydrogens (primary N) is 2. The highest BCUT2D eigenvalue weighted by molar-refractivity contribution is 6.00. The van der Waals surface area contributed by atoms with Gasteiger partial charge in [0.25, 0.3) is 5.91 Å². The van der Waals surface area contributed by atoms with E-state index < -0.39 is 5.91 Å². The topological polar surface area (TPSA) is 72.3 Å². The van der Waals surface area contributed by atoms with Crippen molar-refractivity contribution in [3.05, 3.63) is 53.1 Å². The fourth-order valence-corrected chi connectivity index (χ4v) is 2.32. The molecular weight excluding hydrogens is 250 g/mol. The van der Waals surface area contributed by atoms with Gasteiger partial charge in [-0.15, -0.1) is 0 Å². The van der Waals surface area contributed by atoms with Crippen molar-refractivity contribution in [2.45, 2.75) is 13.8 Å². The molecule has 2 rings (SSSR count). The molecule has 0 saturated heterocycles. The maximum absolute atomic E-state index is 11.6. The highest BCUT2D eigenvalue weighted by atomic mass is 16.1. The van der Waals surface area contributed by atoms with Gasteiger partial charge in [-0.2, -0.15) is 0 Å². The summed E-state index contributed by atoms with van der Waals surface area (Å²) in [6, 6.07) is 11.3. The summed E-state index contributed by atoms with van der Waals surface area (Å²) in [5, 5.41) is 0. The zero-order valence-corrected chi connectivity index (χ0v) is 12.0. The number of nitrogens with zero attached hydrogens (tertiary/aromatic N) is 1. The zero-order chi connectivity index (χ0) is 14.9. The van der Waals surface area contributed by atoms with Crippen LogP contribution >= 0.6 is 0 Å². The van der Waals surface area contributed by atoms with Gasteiger partial charge in [-0.05, 0) is 55.3 Å². The van der Waals surface area contributed by atoms with Gasteiger partial charge in [0.1, 0.15) is 0 Å². The predicted octanol–water partition coefficient (Wildman–Crippen LogP) is 2.75. The number of aryl methyl sites for hydroxylation is 2. The molecule has 0 spiro atoms. The van der Waals surface area contributed by atoms with Gasteiger partial charge in [0.05, 0.1) is 11.3 Å². The van der Waals surface area contributed by atoms with E-state index in [4.69, 9.17) is 11.5 Å². The number of carbonyl (C=O) groups excluding carboxylic acids is 1. The maximum atomic E-state index is 11.6. The van der Waals surface area contributed by atoms with Gasteiger partial charge >= 0.3 is 0 Å². The Morgan fingerprint density at radius 3 is 2.20 bits per heavy atom. The number of primary amides is 1. The fraction of sp³-hybridized carbons (Fsp3) is 0.188. The standard InChI is InChI=1S/C16H19N3O/c1-10-6-11(2)8-13(7-10)19(3)15-9-12(17)4-5-14(15)16(18)20/h4-9H,17H2,1-3H3,(H2,18,20). The molecular formula is C16H19N3O. The van der Waals surface area contributed by atoms with Gasteiger partial charge in [-0.25, -0.2) is 0 Å². The molecule has 0 heterocycles. The van der Waals surface area contributed by atoms with Crippen LogP contribution in [0.1, 0.15) is 21.5 Å². The van der Waals surface area contributed by atoms with E-state index in [0.29, 0.717) is 16.9 Å². The molecule has 20 heavy (non-hydrogen) atoms. The van der Waals surface area contributed by atoms with Crippen molar-refractivity contribution in [2.75, 3.05) is 17.7 Å². The molecule has 1 amide bonds. The molecule has 2 aromatic rings. The lowest BCUT2D eigenvalue weighted by molar-refractivity contribution is 0.100. The summed E-state index contributed by atoms with van der Waals surface area (Å²) in [4.78, 5) is 13.5. The molecule has 4 nitrogen and oxygen atoms in total. The van der Waals surface area contributed by atoms with E-state index in [1.165, 1.54) is 0 Å². The highest BCUT2D eigenvalue weighted by Gasteiger charge is 2.14. The smallest absolute Gasteiger partial charge is 0.250 e. The van der Waals surface area contributed by atoms with Crippen LogP contribution in [0.15, 0.2) is 36.4 Å². The Morgan fingerprint density at radius 1 is 1.05 bits per heavy atom. The van der Waals surface area contributed by atoms with Crippen molar-refractivity contribution in [1.82, 2.24) is 0 Å². The average molecular weight is 269 g/mol. The lowest BCUT2D eigenvalue weighted by atomic mass is 10.1. The van der Waals surface area contributed by atoms with Crippen molar-refractivity contribution in [1.29, 1.82) is 0 Å². The van der Waals surface area contributed by atoms with Crippen molar-refractivity contribution in [3.63, 3.8) is 0 Å². The zero-order valence-electron chi connectivity index (χ0n) is 12.0. The summed E-state index contributed by atoms with van der Waals surface area (Å²) >= 11 is 0. The van der Waals surface area contributed by atoms with Crippen LogP contribution in [0.25, 0.3) is 0 Å². The molecule has 0 aromatic heterocycles. The van der Waals surface area contributed by atoms with E-state index in [0.717, 1.165) is 16.8 Å². The Labute approximate surface area is 119 Å². The molecule has 4 N–H and O–H groups in total. The number of anilines is 3. The molecule has 0 aliphatic rings. The molecule has 0 radical (unpaired) electrons. The van der Waals surface area contributed by atoms with Crippen molar-refractivity contribution < 1.29 is 4.79 Å². The quantitative estimate of drug-likeness (QED) is 0.841. The highest BCUT2D eigenvalue weighted by Crippen LogP contribution is 2.30. The van der Waals surface area contributed by atoms with Crippen LogP contribution < -0.4 is 16.4 Å². The first kappa shape index (κ1) is 13.9. The monoisotopic (exact) mass is 269 g/mol. The summed E-state index contributed by atoms with van der Waals surface area (Å²) in [5.41, 5.74) is 16.3. The van der Waals surface area contributed by atoms with Crippen LogP contribution in [-0.4, -0.2) is 13.0 Å². The number of benzene rings is 2. The number of rotatable bonds is 3. The minimum absolute atomic E-state index is 0.459. The van der Waals surface area contributed by atoms with Gasteiger partial charge in [-0.3, -0.25) is 4.79 Å². The van der Waals surface area contributed by atoms with E-state index in [1.54, 1.807) is 18.2 Å². The molecule has 0 unspecified atom stereocenters. The molecule has 4 heteroatoms. The van der Waals surface area contributed by atoms with E-state index in [2.05, 4.69) is 18.2 Å². The molecule has 104 valence electrons. The first-order valence-corrected chi connectivity index (χ1v) is 6.40. The Balaban J connectivity index is 2.54. The fourth-order valence-electron chi connectivity index (χ4n) is 2.32. The predicted molar refractivity (Wildman–Crippen MR) is 83.4 cm³/mol. The average Bonchev–Trinajstić information content (AvgIpc) is 2.36. The Hall–Kier alpha value is -2.49. The molecule has 0 bridgehead atoms. The second-order valence-electron chi connectivity index (χ2n) is 5.05. The third kappa shape index (κ3) is 2.74. The Morgan fingerprint density at radius 2 is 1.65 bits per heavy atom. The van der Waals surface area contributed by atoms with Gasteiger partial charge in [0, 0.05) is 18.4 Å². The van der Waals surface area contributed by atoms with Crippen LogP contribution in [0.3, 0.4) is 0 Å². The third-order valence-corrected chi connectivity index (χ3v) is 3.24. The summed E-state index contributed by atoms with van der Waals surface area (Å²) in [7, 11) is 1.90. The summed E-state index contributed by atoms with van der Waals surface area (Å²) in [6.45, 7) is 4.08. The largest absolute Gasteiger partial charge is 0.399 e. The van der Waals surface area contributed by atoms with E-state index >= 15 is 0 Å². The Kier molecular flexibility index (Phi) is 3.66. The second-order valence-corrected chi connectivity index (χ2v) is 5.05. The van der Waals surface area contributed by atoms with Crippen LogP contribution in [0, 0.1) is 13.8 Å². The van der Waals surface area contributed by atoms with Gasteiger partial charge < -0.3 is 16.4 Å². The number of nitrogen functional groups attached to an aromatic ring is 1. The van der Waals surface area contributed by atoms with Crippen LogP contribution in [0.4, 0.5) is 17.1 Å². The number of amides is 1. The molecule has 2 aromatic carbocycles. The normalized spacial score (nSPS) is 10.3. The first-order chi connectivity index (χ1) is 9.38. The first-order valence-electron chi connectivity index (χ1n) is 6.40. The molecule has 0 saturated carbocycles. The lowest BCUT2D eigenvalue weighted by Crippen LogP contribution is -2.19. The van der Waals surface area contributed by atoms with E-state index in [-0.39, 0.29) is 0 Å². The minimum Gasteiger partial charge on any atom is -0.399 e. The van der Waals surface area contributed by atoms with Gasteiger partial charge in [0.2, 0.25) is 0 Å². The van der Waals surface area contributed by atoms with Gasteiger partial charge in [-0.1, -0.05) is 6.07 Å². The second kappa shape index (κ2) is 5.25. The van der Waals surface area contributed by atoms with Crippen molar-refractivity contribution >= 4 is 23.0 Å². The van der Waals surface area contributed by atoms with Gasteiger partial charge in [0.15, 0.2) is 0 Å². The van der Waals surface area contributed by atoms with Crippen LogP contribution in [0.2, 0.25) is 0 Å². The summed E-state index contributed by atoms with van der Waals surface area (Å²) in [6.07, 6.45) is 0. The number of hydrogen-bond acceptors (Lipinski definition) is 3. The number of hydrogen-bond donors (Lipinski definition) is 2. The molecule has 0 aliphatic heterocycles. The molecule has 0 atom stereocenters. The van der Waals surface area contributed by atoms with Crippen molar-refractivity contribution in [3.8, 4) is 0 Å². The van der Waals surface area contributed by atoms with E-state index in [9.17, 15) is 4.79 Å². The van der Waals surface area contributed by atoms with E-state index in [1.807, 2.05) is 25.8 Å². The van der Waals surface area contributed by atoms with Crippen molar-refractivity contribution in [2.24, 2.45) is 5.73 Å². The SMILES string of the molecule is Cc1cc(C)cc(N(C)c2cc(N)ccc2C(N)=O)c1. The lowest BCUT2D eigenvalue weighted by Gasteiger charge is -2.23. The molecule has 0 fully saturated rings. The summed E-state index contributed by atoms with van der Waals surface area (Å²) < 4.78 is 0. The minimum atomic E-state index is -0.462.